The maximum atomic E-state index is 6.03. The van der Waals surface area contributed by atoms with E-state index in [0.29, 0.717) is 0 Å². The number of pyridine rings is 1. The van der Waals surface area contributed by atoms with Crippen LogP contribution >= 0.6 is 27.7 Å². The second-order valence-corrected chi connectivity index (χ2v) is 4.59. The van der Waals surface area contributed by atoms with Gasteiger partial charge in [-0.2, -0.15) is 0 Å². The van der Waals surface area contributed by atoms with Gasteiger partial charge in [0.05, 0.1) is 5.70 Å². The van der Waals surface area contributed by atoms with Gasteiger partial charge in [0.25, 0.3) is 0 Å². The molecule has 0 saturated carbocycles. The van der Waals surface area contributed by atoms with E-state index in [-0.39, 0.29) is 0 Å². The number of nitrogens with one attached hydrogen (secondary N) is 2. The SMILES string of the molecule is ClN1C=NC(c2ccncc2)=C2NNC(Br)=C21. The van der Waals surface area contributed by atoms with Gasteiger partial charge in [-0.05, 0) is 28.1 Å². The van der Waals surface area contributed by atoms with E-state index >= 15 is 0 Å². The van der Waals surface area contributed by atoms with Crippen molar-refractivity contribution in [1.29, 1.82) is 0 Å². The average molecular weight is 313 g/mol. The minimum absolute atomic E-state index is 0.778. The molecule has 2 N–H and O–H groups in total. The monoisotopic (exact) mass is 311 g/mol. The van der Waals surface area contributed by atoms with Crippen molar-refractivity contribution in [3.05, 3.63) is 46.1 Å². The highest BCUT2D eigenvalue weighted by molar-refractivity contribution is 9.11. The van der Waals surface area contributed by atoms with E-state index in [1.807, 2.05) is 12.1 Å². The Morgan fingerprint density at radius 2 is 2.00 bits per heavy atom. The van der Waals surface area contributed by atoms with Crippen molar-refractivity contribution in [3.8, 4) is 0 Å². The first-order chi connectivity index (χ1) is 8.27. The summed E-state index contributed by atoms with van der Waals surface area (Å²) in [4.78, 5) is 8.31. The highest BCUT2D eigenvalue weighted by Crippen LogP contribution is 2.34. The molecule has 0 amide bonds. The Balaban J connectivity index is 2.16. The van der Waals surface area contributed by atoms with Crippen LogP contribution in [-0.4, -0.2) is 15.7 Å². The molecule has 0 aliphatic carbocycles. The van der Waals surface area contributed by atoms with Crippen LogP contribution in [-0.2, 0) is 0 Å². The van der Waals surface area contributed by atoms with Crippen molar-refractivity contribution in [2.45, 2.75) is 0 Å². The molecule has 17 heavy (non-hydrogen) atoms. The molecule has 0 bridgehead atoms. The summed E-state index contributed by atoms with van der Waals surface area (Å²) in [5.74, 6) is 0. The van der Waals surface area contributed by atoms with E-state index in [9.17, 15) is 0 Å². The molecule has 3 rings (SSSR count). The molecule has 86 valence electrons. The van der Waals surface area contributed by atoms with Crippen molar-refractivity contribution in [1.82, 2.24) is 20.3 Å². The first-order valence-corrected chi connectivity index (χ1v) is 5.96. The number of rotatable bonds is 1. The largest absolute Gasteiger partial charge is 0.296 e. The predicted octanol–water partition coefficient (Wildman–Crippen LogP) is 1.92. The molecule has 7 heteroatoms. The third-order valence-corrected chi connectivity index (χ3v) is 3.26. The van der Waals surface area contributed by atoms with Crippen LogP contribution in [0.3, 0.4) is 0 Å². The molecule has 0 radical (unpaired) electrons. The van der Waals surface area contributed by atoms with E-state index < -0.39 is 0 Å². The maximum absolute atomic E-state index is 6.03. The standard InChI is InChI=1S/C10H7BrClN5/c11-10-9-8(15-16-10)7(14-5-17(9)12)6-1-3-13-4-2-6/h1-5,15-16H. The van der Waals surface area contributed by atoms with Crippen LogP contribution in [0.15, 0.2) is 45.5 Å². The molecule has 0 unspecified atom stereocenters. The second kappa shape index (κ2) is 4.05. The molecular weight excluding hydrogens is 306 g/mol. The highest BCUT2D eigenvalue weighted by atomic mass is 79.9. The number of hydrogen-bond donors (Lipinski definition) is 2. The fourth-order valence-corrected chi connectivity index (χ4v) is 2.48. The third kappa shape index (κ3) is 1.69. The van der Waals surface area contributed by atoms with Crippen molar-refractivity contribution < 1.29 is 0 Å². The van der Waals surface area contributed by atoms with Gasteiger partial charge in [0.15, 0.2) is 0 Å². The fourth-order valence-electron chi connectivity index (χ4n) is 1.68. The zero-order valence-electron chi connectivity index (χ0n) is 8.48. The Morgan fingerprint density at radius 1 is 1.24 bits per heavy atom. The summed E-state index contributed by atoms with van der Waals surface area (Å²) in [6, 6.07) is 3.80. The van der Waals surface area contributed by atoms with Gasteiger partial charge in [0.1, 0.15) is 22.3 Å². The van der Waals surface area contributed by atoms with E-state index in [1.54, 1.807) is 18.7 Å². The first kappa shape index (κ1) is 10.6. The lowest BCUT2D eigenvalue weighted by Crippen LogP contribution is -2.24. The Morgan fingerprint density at radius 3 is 2.76 bits per heavy atom. The van der Waals surface area contributed by atoms with Crippen LogP contribution in [0.25, 0.3) is 5.70 Å². The fraction of sp³-hybridized carbons (Fsp3) is 0. The second-order valence-electron chi connectivity index (χ2n) is 3.43. The smallest absolute Gasteiger partial charge is 0.124 e. The quantitative estimate of drug-likeness (QED) is 0.614. The molecule has 0 aromatic carbocycles. The van der Waals surface area contributed by atoms with E-state index in [0.717, 1.165) is 27.3 Å². The molecule has 1 aromatic rings. The Labute approximate surface area is 111 Å². The van der Waals surface area contributed by atoms with Crippen LogP contribution < -0.4 is 10.9 Å². The van der Waals surface area contributed by atoms with Gasteiger partial charge in [0, 0.05) is 29.7 Å². The molecule has 2 aliphatic heterocycles. The van der Waals surface area contributed by atoms with Crippen molar-refractivity contribution >= 4 is 39.7 Å². The van der Waals surface area contributed by atoms with Crippen LogP contribution in [0.2, 0.25) is 0 Å². The van der Waals surface area contributed by atoms with Gasteiger partial charge in [-0.3, -0.25) is 15.8 Å². The summed E-state index contributed by atoms with van der Waals surface area (Å²) in [7, 11) is 0. The first-order valence-electron chi connectivity index (χ1n) is 4.83. The van der Waals surface area contributed by atoms with Gasteiger partial charge < -0.3 is 0 Å². The van der Waals surface area contributed by atoms with Gasteiger partial charge in [-0.15, -0.1) is 0 Å². The predicted molar refractivity (Wildman–Crippen MR) is 69.6 cm³/mol. The number of halogens is 2. The van der Waals surface area contributed by atoms with Gasteiger partial charge in [0.2, 0.25) is 0 Å². The van der Waals surface area contributed by atoms with Crippen molar-refractivity contribution in [2.24, 2.45) is 4.99 Å². The lowest BCUT2D eigenvalue weighted by atomic mass is 10.1. The molecule has 0 atom stereocenters. The van der Waals surface area contributed by atoms with Crippen LogP contribution in [0.1, 0.15) is 5.56 Å². The molecule has 1 aromatic heterocycles. The van der Waals surface area contributed by atoms with Crippen LogP contribution in [0.4, 0.5) is 0 Å². The van der Waals surface area contributed by atoms with Crippen LogP contribution in [0, 0.1) is 0 Å². The molecule has 0 saturated heterocycles. The molecule has 3 heterocycles. The normalized spacial score (nSPS) is 18.1. The average Bonchev–Trinajstić information content (AvgIpc) is 2.74. The summed E-state index contributed by atoms with van der Waals surface area (Å²) < 4.78 is 2.21. The number of hydrogen-bond acceptors (Lipinski definition) is 5. The topological polar surface area (TPSA) is 52.6 Å². The zero-order chi connectivity index (χ0) is 11.8. The van der Waals surface area contributed by atoms with Gasteiger partial charge in [-0.25, -0.2) is 9.41 Å². The number of nitrogens with zero attached hydrogens (tertiary/aromatic N) is 3. The number of hydrazine groups is 1. The van der Waals surface area contributed by atoms with E-state index in [1.165, 1.54) is 4.42 Å². The molecule has 0 fully saturated rings. The van der Waals surface area contributed by atoms with Crippen LogP contribution in [0.5, 0.6) is 0 Å². The van der Waals surface area contributed by atoms with Crippen molar-refractivity contribution in [3.63, 3.8) is 0 Å². The molecule has 2 aliphatic rings. The van der Waals surface area contributed by atoms with E-state index in [4.69, 9.17) is 11.8 Å². The minimum Gasteiger partial charge on any atom is -0.296 e. The number of aromatic nitrogens is 1. The van der Waals surface area contributed by atoms with Crippen molar-refractivity contribution in [2.75, 3.05) is 0 Å². The molecular formula is C10H7BrClN5. The Bertz CT molecular complexity index is 551. The summed E-state index contributed by atoms with van der Waals surface area (Å²) in [5, 5.41) is 0. The number of fused-ring (bicyclic) bond motifs is 1. The lowest BCUT2D eigenvalue weighted by molar-refractivity contribution is 0.761. The summed E-state index contributed by atoms with van der Waals surface area (Å²) >= 11 is 9.43. The van der Waals surface area contributed by atoms with Gasteiger partial charge in [-0.1, -0.05) is 0 Å². The zero-order valence-corrected chi connectivity index (χ0v) is 10.8. The lowest BCUT2D eigenvalue weighted by Gasteiger charge is -2.19. The Hall–Kier alpha value is -1.53. The maximum Gasteiger partial charge on any atom is 0.124 e. The summed E-state index contributed by atoms with van der Waals surface area (Å²) in [6.07, 6.45) is 5.02. The minimum atomic E-state index is 0.778. The third-order valence-electron chi connectivity index (χ3n) is 2.43. The number of aliphatic imine (C=N–C) groups is 1. The summed E-state index contributed by atoms with van der Waals surface area (Å²) in [5.41, 5.74) is 9.44. The van der Waals surface area contributed by atoms with E-state index in [2.05, 4.69) is 36.8 Å². The summed E-state index contributed by atoms with van der Waals surface area (Å²) in [6.45, 7) is 0. The van der Waals surface area contributed by atoms with Gasteiger partial charge >= 0.3 is 0 Å². The molecule has 5 nitrogen and oxygen atoms in total. The Kier molecular flexibility index (Phi) is 2.53. The molecule has 0 spiro atoms. The highest BCUT2D eigenvalue weighted by Gasteiger charge is 2.28.